The third-order valence-electron chi connectivity index (χ3n) is 4.86. The minimum atomic E-state index is -1.59. The molecule has 6 heteroatoms. The first-order valence-electron chi connectivity index (χ1n) is 8.71. The van der Waals surface area contributed by atoms with Crippen LogP contribution in [0.3, 0.4) is 0 Å². The average molecular weight is 356 g/mol. The van der Waals surface area contributed by atoms with Crippen molar-refractivity contribution in [3.05, 3.63) is 71.8 Å². The van der Waals surface area contributed by atoms with Gasteiger partial charge < -0.3 is 26.0 Å². The van der Waals surface area contributed by atoms with Gasteiger partial charge in [-0.3, -0.25) is 4.79 Å². The van der Waals surface area contributed by atoms with Crippen molar-refractivity contribution in [3.63, 3.8) is 0 Å². The summed E-state index contributed by atoms with van der Waals surface area (Å²) < 4.78 is 0. The molecule has 1 amide bonds. The summed E-state index contributed by atoms with van der Waals surface area (Å²) >= 11 is 0. The Morgan fingerprint density at radius 1 is 1.12 bits per heavy atom. The molecule has 2 aromatic rings. The third kappa shape index (κ3) is 3.64. The summed E-state index contributed by atoms with van der Waals surface area (Å²) in [5, 5.41) is 36.9. The second kappa shape index (κ2) is 7.97. The van der Waals surface area contributed by atoms with Crippen molar-refractivity contribution in [1.29, 1.82) is 0 Å². The van der Waals surface area contributed by atoms with Crippen LogP contribution in [0.2, 0.25) is 0 Å². The fourth-order valence-corrected chi connectivity index (χ4v) is 3.42. The van der Waals surface area contributed by atoms with E-state index >= 15 is 0 Å². The maximum absolute atomic E-state index is 12.6. The van der Waals surface area contributed by atoms with Crippen molar-refractivity contribution in [2.75, 3.05) is 13.2 Å². The van der Waals surface area contributed by atoms with Crippen LogP contribution < -0.4 is 10.6 Å². The number of carbonyl (C=O) groups is 1. The Bertz CT molecular complexity index is 684. The molecule has 1 aliphatic rings. The first-order valence-corrected chi connectivity index (χ1v) is 8.71. The Labute approximate surface area is 152 Å². The molecule has 0 spiro atoms. The van der Waals surface area contributed by atoms with Gasteiger partial charge in [0.2, 0.25) is 5.91 Å². The van der Waals surface area contributed by atoms with E-state index in [2.05, 4.69) is 10.6 Å². The van der Waals surface area contributed by atoms with Crippen LogP contribution in [0.25, 0.3) is 0 Å². The number of carbonyl (C=O) groups excluding carboxylic acids is 1. The number of nitrogens with one attached hydrogen (secondary N) is 2. The van der Waals surface area contributed by atoms with Gasteiger partial charge in [0.15, 0.2) is 0 Å². The number of hydrogen-bond acceptors (Lipinski definition) is 5. The van der Waals surface area contributed by atoms with Crippen LogP contribution in [-0.4, -0.2) is 52.6 Å². The number of aliphatic hydroxyl groups is 3. The summed E-state index contributed by atoms with van der Waals surface area (Å²) in [6.45, 7) is -0.0924. The summed E-state index contributed by atoms with van der Waals surface area (Å²) in [4.78, 5) is 12.6. The summed E-state index contributed by atoms with van der Waals surface area (Å²) in [5.41, 5.74) is -0.445. The van der Waals surface area contributed by atoms with Gasteiger partial charge in [0.05, 0.1) is 24.8 Å². The molecular weight excluding hydrogens is 332 g/mol. The van der Waals surface area contributed by atoms with Gasteiger partial charge in [0.25, 0.3) is 0 Å². The SMILES string of the molecule is O=C(N[C@@H](CO)C(O)(c1ccccc1)c1ccccc1)[C@@H]1C[C@@H](O)CN1. The molecule has 1 heterocycles. The summed E-state index contributed by atoms with van der Waals surface area (Å²) in [7, 11) is 0. The van der Waals surface area contributed by atoms with Crippen LogP contribution in [0, 0.1) is 0 Å². The second-order valence-corrected chi connectivity index (χ2v) is 6.59. The van der Waals surface area contributed by atoms with Gasteiger partial charge in [-0.05, 0) is 17.5 Å². The molecule has 0 aromatic heterocycles. The van der Waals surface area contributed by atoms with Crippen LogP contribution >= 0.6 is 0 Å². The van der Waals surface area contributed by atoms with E-state index in [-0.39, 0.29) is 5.91 Å². The Morgan fingerprint density at radius 3 is 2.08 bits per heavy atom. The molecule has 5 N–H and O–H groups in total. The molecule has 1 saturated heterocycles. The Kier molecular flexibility index (Phi) is 5.68. The minimum Gasteiger partial charge on any atom is -0.394 e. The minimum absolute atomic E-state index is 0.305. The van der Waals surface area contributed by atoms with Crippen molar-refractivity contribution in [2.45, 2.75) is 30.2 Å². The summed E-state index contributed by atoms with van der Waals surface area (Å²) in [5.74, 6) is -0.356. The number of hydrogen-bond donors (Lipinski definition) is 5. The van der Waals surface area contributed by atoms with Gasteiger partial charge >= 0.3 is 0 Å². The van der Waals surface area contributed by atoms with Crippen molar-refractivity contribution in [3.8, 4) is 0 Å². The molecule has 0 saturated carbocycles. The van der Waals surface area contributed by atoms with Crippen LogP contribution in [0.15, 0.2) is 60.7 Å². The van der Waals surface area contributed by atoms with E-state index in [0.29, 0.717) is 24.1 Å². The molecule has 26 heavy (non-hydrogen) atoms. The molecule has 2 aromatic carbocycles. The highest BCUT2D eigenvalue weighted by atomic mass is 16.3. The highest BCUT2D eigenvalue weighted by Gasteiger charge is 2.42. The lowest BCUT2D eigenvalue weighted by atomic mass is 9.80. The van der Waals surface area contributed by atoms with Crippen molar-refractivity contribution < 1.29 is 20.1 Å². The van der Waals surface area contributed by atoms with E-state index < -0.39 is 30.4 Å². The zero-order chi connectivity index (χ0) is 18.6. The molecule has 3 rings (SSSR count). The van der Waals surface area contributed by atoms with Crippen molar-refractivity contribution in [2.24, 2.45) is 0 Å². The van der Waals surface area contributed by atoms with Crippen molar-refractivity contribution in [1.82, 2.24) is 10.6 Å². The molecule has 138 valence electrons. The monoisotopic (exact) mass is 356 g/mol. The van der Waals surface area contributed by atoms with E-state index in [4.69, 9.17) is 0 Å². The Morgan fingerprint density at radius 2 is 1.65 bits per heavy atom. The Balaban J connectivity index is 1.93. The lowest BCUT2D eigenvalue weighted by molar-refractivity contribution is -0.126. The van der Waals surface area contributed by atoms with Crippen LogP contribution in [-0.2, 0) is 10.4 Å². The number of benzene rings is 2. The fourth-order valence-electron chi connectivity index (χ4n) is 3.42. The highest BCUT2D eigenvalue weighted by molar-refractivity contribution is 5.82. The summed E-state index contributed by atoms with van der Waals surface area (Å²) in [6, 6.07) is 16.4. The smallest absolute Gasteiger partial charge is 0.237 e. The van der Waals surface area contributed by atoms with E-state index in [0.717, 1.165) is 0 Å². The molecule has 3 atom stereocenters. The molecule has 0 aliphatic carbocycles. The van der Waals surface area contributed by atoms with Crippen LogP contribution in [0.5, 0.6) is 0 Å². The largest absolute Gasteiger partial charge is 0.394 e. The zero-order valence-corrected chi connectivity index (χ0v) is 14.4. The molecule has 1 aliphatic heterocycles. The second-order valence-electron chi connectivity index (χ2n) is 6.59. The molecule has 6 nitrogen and oxygen atoms in total. The normalized spacial score (nSPS) is 21.3. The number of rotatable bonds is 6. The van der Waals surface area contributed by atoms with Crippen molar-refractivity contribution >= 4 is 5.91 Å². The lowest BCUT2D eigenvalue weighted by Gasteiger charge is -2.37. The predicted octanol–water partition coefficient (Wildman–Crippen LogP) is 0.122. The lowest BCUT2D eigenvalue weighted by Crippen LogP contribution is -2.56. The molecule has 1 fully saturated rings. The fraction of sp³-hybridized carbons (Fsp3) is 0.350. The topological polar surface area (TPSA) is 102 Å². The molecule has 0 bridgehead atoms. The van der Waals surface area contributed by atoms with Gasteiger partial charge in [0.1, 0.15) is 5.60 Å². The van der Waals surface area contributed by atoms with E-state index in [1.807, 2.05) is 12.1 Å². The van der Waals surface area contributed by atoms with Gasteiger partial charge in [0, 0.05) is 6.54 Å². The zero-order valence-electron chi connectivity index (χ0n) is 14.4. The first kappa shape index (κ1) is 18.5. The van der Waals surface area contributed by atoms with Gasteiger partial charge in [-0.2, -0.15) is 0 Å². The highest BCUT2D eigenvalue weighted by Crippen LogP contribution is 2.33. The quantitative estimate of drug-likeness (QED) is 0.506. The third-order valence-corrected chi connectivity index (χ3v) is 4.86. The number of amides is 1. The predicted molar refractivity (Wildman–Crippen MR) is 97.3 cm³/mol. The standard InChI is InChI=1S/C20H24N2O4/c23-13-18(22-19(25)17-11-16(24)12-21-17)20(26,14-7-3-1-4-8-14)15-9-5-2-6-10-15/h1-10,16-18,21,23-24,26H,11-13H2,(H,22,25)/t16-,17+,18+/m1/s1. The molecule has 0 unspecified atom stereocenters. The summed E-state index contributed by atoms with van der Waals surface area (Å²) in [6.07, 6.45) is -0.264. The number of aliphatic hydroxyl groups excluding tert-OH is 2. The van der Waals surface area contributed by atoms with Gasteiger partial charge in [-0.1, -0.05) is 60.7 Å². The van der Waals surface area contributed by atoms with Crippen LogP contribution in [0.4, 0.5) is 0 Å². The van der Waals surface area contributed by atoms with Crippen LogP contribution in [0.1, 0.15) is 17.5 Å². The number of β-amino-alcohol motifs (C(OH)–C–C–N with tert-alkyl or cyclic N) is 1. The van der Waals surface area contributed by atoms with E-state index in [1.165, 1.54) is 0 Å². The van der Waals surface area contributed by atoms with Gasteiger partial charge in [-0.25, -0.2) is 0 Å². The van der Waals surface area contributed by atoms with E-state index in [1.54, 1.807) is 48.5 Å². The van der Waals surface area contributed by atoms with Gasteiger partial charge in [-0.15, -0.1) is 0 Å². The molecule has 0 radical (unpaired) electrons. The maximum atomic E-state index is 12.6. The van der Waals surface area contributed by atoms with E-state index in [9.17, 15) is 20.1 Å². The Hall–Kier alpha value is -2.25. The first-order chi connectivity index (χ1) is 12.6. The maximum Gasteiger partial charge on any atom is 0.237 e. The average Bonchev–Trinajstić information content (AvgIpc) is 3.13. The molecular formula is C20H24N2O4.